The van der Waals surface area contributed by atoms with Crippen LogP contribution in [0.25, 0.3) is 0 Å². The van der Waals surface area contributed by atoms with Crippen LogP contribution in [0.2, 0.25) is 0 Å². The van der Waals surface area contributed by atoms with Gasteiger partial charge in [0, 0.05) is 6.54 Å². The maximum Gasteiger partial charge on any atom is 0.137 e. The van der Waals surface area contributed by atoms with Crippen LogP contribution in [0.1, 0.15) is 31.2 Å². The van der Waals surface area contributed by atoms with Crippen LogP contribution in [0, 0.1) is 5.82 Å². The van der Waals surface area contributed by atoms with Gasteiger partial charge in [0.05, 0.1) is 4.47 Å². The molecule has 0 aliphatic carbocycles. The van der Waals surface area contributed by atoms with Crippen molar-refractivity contribution in [2.45, 2.75) is 32.2 Å². The molecule has 1 rings (SSSR count). The van der Waals surface area contributed by atoms with Crippen molar-refractivity contribution in [1.82, 2.24) is 5.32 Å². The molecule has 0 aliphatic rings. The van der Waals surface area contributed by atoms with E-state index in [1.807, 2.05) is 17.8 Å². The van der Waals surface area contributed by atoms with Crippen LogP contribution in [0.4, 0.5) is 4.39 Å². The Morgan fingerprint density at radius 1 is 1.22 bits per heavy atom. The Bertz CT molecular complexity index is 347. The van der Waals surface area contributed by atoms with Gasteiger partial charge >= 0.3 is 0 Å². The van der Waals surface area contributed by atoms with E-state index < -0.39 is 0 Å². The van der Waals surface area contributed by atoms with Gasteiger partial charge in [-0.2, -0.15) is 11.8 Å². The molecule has 0 aliphatic heterocycles. The van der Waals surface area contributed by atoms with Crippen molar-refractivity contribution in [3.05, 3.63) is 34.1 Å². The highest BCUT2D eigenvalue weighted by molar-refractivity contribution is 9.10. The summed E-state index contributed by atoms with van der Waals surface area (Å²) < 4.78 is 13.8. The molecule has 0 amide bonds. The topological polar surface area (TPSA) is 12.0 Å². The Kier molecular flexibility index (Phi) is 8.72. The van der Waals surface area contributed by atoms with Gasteiger partial charge in [0.15, 0.2) is 0 Å². The average molecular weight is 334 g/mol. The quantitative estimate of drug-likeness (QED) is 0.662. The third-order valence-corrected chi connectivity index (χ3v) is 4.38. The van der Waals surface area contributed by atoms with Crippen LogP contribution in [0.15, 0.2) is 22.7 Å². The maximum absolute atomic E-state index is 13.3. The third-order valence-electron chi connectivity index (χ3n) is 2.80. The highest BCUT2D eigenvalue weighted by Gasteiger charge is 2.03. The fraction of sp³-hybridized carbons (Fsp3) is 0.571. The molecule has 0 unspecified atom stereocenters. The van der Waals surface area contributed by atoms with Crippen molar-refractivity contribution >= 4 is 27.7 Å². The minimum Gasteiger partial charge on any atom is -0.313 e. The SMILES string of the molecule is CSCCCCCCNCc1cccc(F)c1Br. The molecule has 102 valence electrons. The molecule has 0 radical (unpaired) electrons. The summed E-state index contributed by atoms with van der Waals surface area (Å²) in [6.45, 7) is 1.73. The lowest BCUT2D eigenvalue weighted by Crippen LogP contribution is -2.15. The fourth-order valence-corrected chi connectivity index (χ4v) is 2.66. The first-order valence-corrected chi connectivity index (χ1v) is 8.57. The zero-order valence-electron chi connectivity index (χ0n) is 10.8. The number of hydrogen-bond acceptors (Lipinski definition) is 2. The largest absolute Gasteiger partial charge is 0.313 e. The van der Waals surface area contributed by atoms with E-state index in [1.165, 1.54) is 37.5 Å². The van der Waals surface area contributed by atoms with Gasteiger partial charge in [-0.25, -0.2) is 4.39 Å². The Hall–Kier alpha value is -0.0600. The van der Waals surface area contributed by atoms with E-state index in [1.54, 1.807) is 6.07 Å². The number of unbranched alkanes of at least 4 members (excludes halogenated alkanes) is 3. The summed E-state index contributed by atoms with van der Waals surface area (Å²) in [7, 11) is 0. The number of thioether (sulfide) groups is 1. The summed E-state index contributed by atoms with van der Waals surface area (Å²) in [5, 5.41) is 3.36. The van der Waals surface area contributed by atoms with Gasteiger partial charge in [0.1, 0.15) is 5.82 Å². The van der Waals surface area contributed by atoms with Gasteiger partial charge in [-0.15, -0.1) is 0 Å². The molecular formula is C14H21BrFNS. The first-order chi connectivity index (χ1) is 8.75. The van der Waals surface area contributed by atoms with Crippen molar-refractivity contribution in [2.24, 2.45) is 0 Å². The zero-order chi connectivity index (χ0) is 13.2. The summed E-state index contributed by atoms with van der Waals surface area (Å²) in [6.07, 6.45) is 7.25. The number of halogens is 2. The van der Waals surface area contributed by atoms with Gasteiger partial charge in [-0.05, 0) is 59.0 Å². The summed E-state index contributed by atoms with van der Waals surface area (Å²) in [5.41, 5.74) is 0.984. The third kappa shape index (κ3) is 6.21. The van der Waals surface area contributed by atoms with E-state index >= 15 is 0 Å². The predicted octanol–water partition coefficient (Wildman–Crippen LogP) is 4.60. The molecule has 0 bridgehead atoms. The lowest BCUT2D eigenvalue weighted by Gasteiger charge is -2.07. The minimum atomic E-state index is -0.189. The van der Waals surface area contributed by atoms with E-state index in [-0.39, 0.29) is 5.82 Å². The molecule has 18 heavy (non-hydrogen) atoms. The fourth-order valence-electron chi connectivity index (χ4n) is 1.76. The number of nitrogens with one attached hydrogen (secondary N) is 1. The van der Waals surface area contributed by atoms with Gasteiger partial charge in [0.25, 0.3) is 0 Å². The molecule has 0 heterocycles. The van der Waals surface area contributed by atoms with E-state index in [0.29, 0.717) is 4.47 Å². The molecule has 1 N–H and O–H groups in total. The monoisotopic (exact) mass is 333 g/mol. The van der Waals surface area contributed by atoms with Gasteiger partial charge in [0.2, 0.25) is 0 Å². The normalized spacial score (nSPS) is 10.8. The lowest BCUT2D eigenvalue weighted by atomic mass is 10.2. The molecule has 4 heteroatoms. The minimum absolute atomic E-state index is 0.189. The van der Waals surface area contributed by atoms with Crippen molar-refractivity contribution in [3.8, 4) is 0 Å². The Balaban J connectivity index is 2.09. The average Bonchev–Trinajstić information content (AvgIpc) is 2.37. The standard InChI is InChI=1S/C14H21BrFNS/c1-18-10-5-3-2-4-9-17-11-12-7-6-8-13(16)14(12)15/h6-8,17H,2-5,9-11H2,1H3. The van der Waals surface area contributed by atoms with Crippen LogP contribution < -0.4 is 5.32 Å². The lowest BCUT2D eigenvalue weighted by molar-refractivity contribution is 0.590. The maximum atomic E-state index is 13.3. The molecule has 0 fully saturated rings. The van der Waals surface area contributed by atoms with E-state index in [4.69, 9.17) is 0 Å². The number of benzene rings is 1. The molecule has 0 aromatic heterocycles. The van der Waals surface area contributed by atoms with Crippen LogP contribution in [0.5, 0.6) is 0 Å². The van der Waals surface area contributed by atoms with E-state index in [2.05, 4.69) is 27.5 Å². The summed E-state index contributed by atoms with van der Waals surface area (Å²) >= 11 is 5.19. The Labute approximate surface area is 122 Å². The Morgan fingerprint density at radius 3 is 2.78 bits per heavy atom. The molecule has 1 nitrogen and oxygen atoms in total. The molecular weight excluding hydrogens is 313 g/mol. The van der Waals surface area contributed by atoms with Crippen molar-refractivity contribution in [3.63, 3.8) is 0 Å². The van der Waals surface area contributed by atoms with Crippen molar-refractivity contribution < 1.29 is 4.39 Å². The molecule has 0 saturated heterocycles. The van der Waals surface area contributed by atoms with Crippen LogP contribution >= 0.6 is 27.7 Å². The van der Waals surface area contributed by atoms with E-state index in [9.17, 15) is 4.39 Å². The smallest absolute Gasteiger partial charge is 0.137 e. The first-order valence-electron chi connectivity index (χ1n) is 6.38. The number of rotatable bonds is 9. The van der Waals surface area contributed by atoms with Gasteiger partial charge < -0.3 is 5.32 Å². The van der Waals surface area contributed by atoms with Crippen LogP contribution in [-0.4, -0.2) is 18.6 Å². The zero-order valence-corrected chi connectivity index (χ0v) is 13.2. The first kappa shape index (κ1) is 16.0. The molecule has 0 atom stereocenters. The highest BCUT2D eigenvalue weighted by atomic mass is 79.9. The molecule has 0 saturated carbocycles. The van der Waals surface area contributed by atoms with Crippen molar-refractivity contribution in [2.75, 3.05) is 18.6 Å². The second kappa shape index (κ2) is 9.82. The summed E-state index contributed by atoms with van der Waals surface area (Å²) in [4.78, 5) is 0. The van der Waals surface area contributed by atoms with Gasteiger partial charge in [-0.1, -0.05) is 25.0 Å². The second-order valence-corrected chi connectivity index (χ2v) is 6.08. The van der Waals surface area contributed by atoms with E-state index in [0.717, 1.165) is 18.7 Å². The predicted molar refractivity (Wildman–Crippen MR) is 82.7 cm³/mol. The Morgan fingerprint density at radius 2 is 2.00 bits per heavy atom. The van der Waals surface area contributed by atoms with Crippen LogP contribution in [0.3, 0.4) is 0 Å². The van der Waals surface area contributed by atoms with Gasteiger partial charge in [-0.3, -0.25) is 0 Å². The number of hydrogen-bond donors (Lipinski definition) is 1. The summed E-state index contributed by atoms with van der Waals surface area (Å²) in [5.74, 6) is 1.08. The molecule has 0 spiro atoms. The van der Waals surface area contributed by atoms with Crippen molar-refractivity contribution in [1.29, 1.82) is 0 Å². The summed E-state index contributed by atoms with van der Waals surface area (Å²) in [6, 6.07) is 5.16. The molecule has 1 aromatic rings. The second-order valence-electron chi connectivity index (χ2n) is 4.30. The highest BCUT2D eigenvalue weighted by Crippen LogP contribution is 2.20. The molecule has 1 aromatic carbocycles. The van der Waals surface area contributed by atoms with Crippen LogP contribution in [-0.2, 0) is 6.54 Å².